The summed E-state index contributed by atoms with van der Waals surface area (Å²) in [4.78, 5) is 0. The zero-order valence-corrected chi connectivity index (χ0v) is 13.8. The van der Waals surface area contributed by atoms with Gasteiger partial charge in [-0.3, -0.25) is 4.57 Å². The van der Waals surface area contributed by atoms with Crippen LogP contribution in [0, 0.1) is 6.92 Å². The Morgan fingerprint density at radius 3 is 2.73 bits per heavy atom. The zero-order valence-electron chi connectivity index (χ0n) is 12.2. The van der Waals surface area contributed by atoms with Gasteiger partial charge < -0.3 is 0 Å². The Morgan fingerprint density at radius 2 is 1.95 bits per heavy atom. The van der Waals surface area contributed by atoms with Gasteiger partial charge in [0, 0.05) is 10.8 Å². The predicted octanol–water partition coefficient (Wildman–Crippen LogP) is 4.56. The molecule has 1 aromatic heterocycles. The van der Waals surface area contributed by atoms with E-state index < -0.39 is 0 Å². The molecule has 1 heterocycles. The number of halogens is 1. The fraction of sp³-hybridized carbons (Fsp3) is 0.176. The molecule has 3 aromatic rings. The molecule has 0 N–H and O–H groups in total. The van der Waals surface area contributed by atoms with Gasteiger partial charge in [0.15, 0.2) is 5.16 Å². The molecule has 0 radical (unpaired) electrons. The molecule has 0 aliphatic rings. The van der Waals surface area contributed by atoms with Crippen molar-refractivity contribution in [3.8, 4) is 5.69 Å². The van der Waals surface area contributed by atoms with Crippen molar-refractivity contribution < 1.29 is 0 Å². The maximum Gasteiger partial charge on any atom is 0.195 e. The molecule has 0 atom stereocenters. The lowest BCUT2D eigenvalue weighted by atomic mass is 10.2. The first-order chi connectivity index (χ1) is 10.7. The third kappa shape index (κ3) is 3.51. The van der Waals surface area contributed by atoms with E-state index in [2.05, 4.69) is 34.5 Å². The van der Waals surface area contributed by atoms with Crippen LogP contribution in [-0.4, -0.2) is 20.5 Å². The van der Waals surface area contributed by atoms with Crippen molar-refractivity contribution in [2.24, 2.45) is 0 Å². The van der Waals surface area contributed by atoms with Gasteiger partial charge >= 0.3 is 0 Å². The molecule has 0 spiro atoms. The number of hydrogen-bond donors (Lipinski definition) is 0. The first-order valence-corrected chi connectivity index (χ1v) is 8.43. The molecule has 5 heteroatoms. The smallest absolute Gasteiger partial charge is 0.195 e. The zero-order chi connectivity index (χ0) is 15.4. The largest absolute Gasteiger partial charge is 0.277 e. The van der Waals surface area contributed by atoms with Crippen molar-refractivity contribution in [1.82, 2.24) is 14.8 Å². The number of hydrogen-bond acceptors (Lipinski definition) is 3. The summed E-state index contributed by atoms with van der Waals surface area (Å²) in [6.45, 7) is 1.99. The second-order valence-electron chi connectivity index (χ2n) is 5.00. The standard InChI is InChI=1S/C17H16ClN3S/c1-13-7-8-15(11-16(13)18)21-12-19-20-17(21)22-10-9-14-5-3-2-4-6-14/h2-8,11-12H,9-10H2,1H3. The van der Waals surface area contributed by atoms with Crippen molar-refractivity contribution >= 4 is 23.4 Å². The third-order valence-electron chi connectivity index (χ3n) is 3.41. The van der Waals surface area contributed by atoms with Crippen LogP contribution in [0.15, 0.2) is 60.0 Å². The summed E-state index contributed by atoms with van der Waals surface area (Å²) in [5.41, 5.74) is 3.39. The molecule has 2 aromatic carbocycles. The number of thioether (sulfide) groups is 1. The lowest BCUT2D eigenvalue weighted by molar-refractivity contribution is 0.882. The minimum Gasteiger partial charge on any atom is -0.277 e. The predicted molar refractivity (Wildman–Crippen MR) is 92.0 cm³/mol. The maximum absolute atomic E-state index is 6.21. The molecule has 22 heavy (non-hydrogen) atoms. The van der Waals surface area contributed by atoms with Crippen molar-refractivity contribution in [2.45, 2.75) is 18.5 Å². The molecule has 0 unspecified atom stereocenters. The molecule has 3 nitrogen and oxygen atoms in total. The molecule has 0 saturated heterocycles. The van der Waals surface area contributed by atoms with Gasteiger partial charge in [0.1, 0.15) is 6.33 Å². The lowest BCUT2D eigenvalue weighted by Crippen LogP contribution is -1.97. The monoisotopic (exact) mass is 329 g/mol. The van der Waals surface area contributed by atoms with Crippen LogP contribution in [-0.2, 0) is 6.42 Å². The van der Waals surface area contributed by atoms with Crippen molar-refractivity contribution in [3.63, 3.8) is 0 Å². The average Bonchev–Trinajstić information content (AvgIpc) is 3.00. The Kier molecular flexibility index (Phi) is 4.80. The summed E-state index contributed by atoms with van der Waals surface area (Å²) in [5, 5.41) is 9.88. The quantitative estimate of drug-likeness (QED) is 0.643. The average molecular weight is 330 g/mol. The molecular formula is C17H16ClN3S. The molecule has 0 saturated carbocycles. The SMILES string of the molecule is Cc1ccc(-n2cnnc2SCCc2ccccc2)cc1Cl. The van der Waals surface area contributed by atoms with E-state index in [1.54, 1.807) is 18.1 Å². The number of aryl methyl sites for hydroxylation is 2. The Hall–Kier alpha value is -1.78. The van der Waals surface area contributed by atoms with Gasteiger partial charge in [-0.1, -0.05) is 59.8 Å². The maximum atomic E-state index is 6.21. The summed E-state index contributed by atoms with van der Waals surface area (Å²) in [7, 11) is 0. The van der Waals surface area contributed by atoms with Gasteiger partial charge in [-0.15, -0.1) is 10.2 Å². The highest BCUT2D eigenvalue weighted by Crippen LogP contribution is 2.24. The van der Waals surface area contributed by atoms with E-state index in [0.717, 1.165) is 33.6 Å². The van der Waals surface area contributed by atoms with Crippen LogP contribution < -0.4 is 0 Å². The van der Waals surface area contributed by atoms with Crippen LogP contribution in [0.2, 0.25) is 5.02 Å². The highest BCUT2D eigenvalue weighted by atomic mass is 35.5. The number of aromatic nitrogens is 3. The van der Waals surface area contributed by atoms with E-state index in [1.165, 1.54) is 5.56 Å². The molecule has 0 fully saturated rings. The van der Waals surface area contributed by atoms with E-state index in [-0.39, 0.29) is 0 Å². The first-order valence-electron chi connectivity index (χ1n) is 7.07. The first kappa shape index (κ1) is 15.1. The van der Waals surface area contributed by atoms with E-state index in [4.69, 9.17) is 11.6 Å². The highest BCUT2D eigenvalue weighted by Gasteiger charge is 2.08. The van der Waals surface area contributed by atoms with E-state index >= 15 is 0 Å². The summed E-state index contributed by atoms with van der Waals surface area (Å²) < 4.78 is 1.97. The van der Waals surface area contributed by atoms with Crippen molar-refractivity contribution in [3.05, 3.63) is 71.0 Å². The summed E-state index contributed by atoms with van der Waals surface area (Å²) >= 11 is 7.91. The fourth-order valence-electron chi connectivity index (χ4n) is 2.14. The molecule has 3 rings (SSSR count). The number of benzene rings is 2. The van der Waals surface area contributed by atoms with Crippen LogP contribution in [0.1, 0.15) is 11.1 Å². The minimum absolute atomic E-state index is 0.756. The van der Waals surface area contributed by atoms with Crippen LogP contribution in [0.25, 0.3) is 5.69 Å². The van der Waals surface area contributed by atoms with E-state index in [9.17, 15) is 0 Å². The lowest BCUT2D eigenvalue weighted by Gasteiger charge is -2.08. The topological polar surface area (TPSA) is 30.7 Å². The van der Waals surface area contributed by atoms with E-state index in [1.807, 2.05) is 35.8 Å². The summed E-state index contributed by atoms with van der Waals surface area (Å²) in [5.74, 6) is 0.961. The Bertz CT molecular complexity index is 756. The second-order valence-corrected chi connectivity index (χ2v) is 6.47. The molecule has 0 aliphatic heterocycles. The van der Waals surface area contributed by atoms with Gasteiger partial charge in [0.05, 0.1) is 5.69 Å². The normalized spacial score (nSPS) is 10.8. The molecular weight excluding hydrogens is 314 g/mol. The summed E-state index contributed by atoms with van der Waals surface area (Å²) in [6.07, 6.45) is 2.73. The Labute approximate surface area is 139 Å². The van der Waals surface area contributed by atoms with Gasteiger partial charge in [0.25, 0.3) is 0 Å². The molecule has 0 amide bonds. The van der Waals surface area contributed by atoms with Gasteiger partial charge in [-0.2, -0.15) is 0 Å². The van der Waals surface area contributed by atoms with Crippen LogP contribution in [0.5, 0.6) is 0 Å². The highest BCUT2D eigenvalue weighted by molar-refractivity contribution is 7.99. The molecule has 0 aliphatic carbocycles. The Balaban J connectivity index is 1.71. The molecule has 112 valence electrons. The fourth-order valence-corrected chi connectivity index (χ4v) is 3.23. The number of nitrogens with zero attached hydrogens (tertiary/aromatic N) is 3. The Morgan fingerprint density at radius 1 is 1.14 bits per heavy atom. The van der Waals surface area contributed by atoms with Crippen LogP contribution in [0.4, 0.5) is 0 Å². The van der Waals surface area contributed by atoms with Crippen LogP contribution in [0.3, 0.4) is 0 Å². The van der Waals surface area contributed by atoms with Gasteiger partial charge in [-0.25, -0.2) is 0 Å². The minimum atomic E-state index is 0.756. The summed E-state index contributed by atoms with van der Waals surface area (Å²) in [6, 6.07) is 16.4. The van der Waals surface area contributed by atoms with Gasteiger partial charge in [-0.05, 0) is 36.6 Å². The third-order valence-corrected chi connectivity index (χ3v) is 4.77. The van der Waals surface area contributed by atoms with Crippen LogP contribution >= 0.6 is 23.4 Å². The second kappa shape index (κ2) is 6.99. The van der Waals surface area contributed by atoms with Crippen molar-refractivity contribution in [1.29, 1.82) is 0 Å². The van der Waals surface area contributed by atoms with E-state index in [0.29, 0.717) is 0 Å². The van der Waals surface area contributed by atoms with Crippen molar-refractivity contribution in [2.75, 3.05) is 5.75 Å². The van der Waals surface area contributed by atoms with Gasteiger partial charge in [0.2, 0.25) is 0 Å². The molecule has 0 bridgehead atoms. The number of rotatable bonds is 5.